The van der Waals surface area contributed by atoms with Gasteiger partial charge in [0.2, 0.25) is 0 Å². The van der Waals surface area contributed by atoms with Crippen LogP contribution in [0.25, 0.3) is 55.6 Å². The molecule has 1 aliphatic carbocycles. The fourth-order valence-corrected chi connectivity index (χ4v) is 6.11. The van der Waals surface area contributed by atoms with Crippen molar-refractivity contribution < 1.29 is 4.39 Å². The molecule has 6 aromatic rings. The standard InChI is InChI=1S/C34H31FN6/c1-21(14-22-6-3-2-4-7-22)38-27-16-25(19-36-20-27)23-10-11-31-28(17-23)34(41-40-31)32-18-29-30(39-32)12-13-37-33(29)24-8-5-9-26(35)15-24/h5,8-13,15-20,22,38-39H,1-4,6-7,14H2,(H,40,41). The summed E-state index contributed by atoms with van der Waals surface area (Å²) in [4.78, 5) is 12.6. The van der Waals surface area contributed by atoms with E-state index in [0.717, 1.165) is 79.3 Å². The number of hydrogen-bond acceptors (Lipinski definition) is 4. The molecule has 1 aliphatic rings. The molecule has 0 aliphatic heterocycles. The van der Waals surface area contributed by atoms with Crippen molar-refractivity contribution in [3.05, 3.63) is 97.3 Å². The average molecular weight is 543 g/mol. The number of halogens is 1. The van der Waals surface area contributed by atoms with Crippen molar-refractivity contribution in [3.8, 4) is 33.8 Å². The summed E-state index contributed by atoms with van der Waals surface area (Å²) in [5.74, 6) is 0.442. The number of nitrogens with one attached hydrogen (secondary N) is 3. The van der Waals surface area contributed by atoms with Crippen molar-refractivity contribution in [3.63, 3.8) is 0 Å². The van der Waals surface area contributed by atoms with Crippen LogP contribution in [0.4, 0.5) is 10.1 Å². The summed E-state index contributed by atoms with van der Waals surface area (Å²) >= 11 is 0. The van der Waals surface area contributed by atoms with Gasteiger partial charge in [-0.3, -0.25) is 15.1 Å². The monoisotopic (exact) mass is 542 g/mol. The largest absolute Gasteiger partial charge is 0.358 e. The lowest BCUT2D eigenvalue weighted by atomic mass is 9.86. The molecule has 3 N–H and O–H groups in total. The Morgan fingerprint density at radius 3 is 2.63 bits per heavy atom. The van der Waals surface area contributed by atoms with Gasteiger partial charge in [-0.05, 0) is 60.4 Å². The summed E-state index contributed by atoms with van der Waals surface area (Å²) in [5.41, 5.74) is 9.05. The van der Waals surface area contributed by atoms with Crippen LogP contribution in [-0.2, 0) is 0 Å². The summed E-state index contributed by atoms with van der Waals surface area (Å²) in [7, 11) is 0. The number of fused-ring (bicyclic) bond motifs is 2. The van der Waals surface area contributed by atoms with E-state index in [1.807, 2.05) is 36.7 Å². The van der Waals surface area contributed by atoms with Gasteiger partial charge in [0.1, 0.15) is 11.5 Å². The highest BCUT2D eigenvalue weighted by Crippen LogP contribution is 2.35. The van der Waals surface area contributed by atoms with Crippen LogP contribution in [0.1, 0.15) is 38.5 Å². The van der Waals surface area contributed by atoms with Crippen LogP contribution < -0.4 is 5.32 Å². The van der Waals surface area contributed by atoms with Gasteiger partial charge >= 0.3 is 0 Å². The summed E-state index contributed by atoms with van der Waals surface area (Å²) in [6, 6.07) is 18.9. The molecular formula is C34H31FN6. The maximum atomic E-state index is 14.0. The molecule has 204 valence electrons. The van der Waals surface area contributed by atoms with Crippen LogP contribution in [0.5, 0.6) is 0 Å². The Balaban J connectivity index is 1.19. The fraction of sp³-hybridized carbons (Fsp3) is 0.206. The van der Waals surface area contributed by atoms with E-state index in [9.17, 15) is 4.39 Å². The molecule has 0 atom stereocenters. The van der Waals surface area contributed by atoms with Gasteiger partial charge in [0.05, 0.1) is 28.8 Å². The minimum atomic E-state index is -0.287. The Bertz CT molecular complexity index is 1880. The van der Waals surface area contributed by atoms with Crippen LogP contribution in [0.2, 0.25) is 0 Å². The van der Waals surface area contributed by atoms with E-state index in [4.69, 9.17) is 0 Å². The first kappa shape index (κ1) is 25.2. The maximum absolute atomic E-state index is 14.0. The smallest absolute Gasteiger partial charge is 0.123 e. The van der Waals surface area contributed by atoms with Crippen LogP contribution >= 0.6 is 0 Å². The molecule has 4 aromatic heterocycles. The number of hydrogen-bond donors (Lipinski definition) is 3. The predicted octanol–water partition coefficient (Wildman–Crippen LogP) is 8.87. The first-order valence-electron chi connectivity index (χ1n) is 14.2. The number of nitrogens with zero attached hydrogens (tertiary/aromatic N) is 3. The fourth-order valence-electron chi connectivity index (χ4n) is 6.11. The molecule has 4 heterocycles. The zero-order valence-electron chi connectivity index (χ0n) is 22.8. The third-order valence-electron chi connectivity index (χ3n) is 8.12. The molecule has 0 bridgehead atoms. The normalized spacial score (nSPS) is 14.1. The van der Waals surface area contributed by atoms with Crippen molar-refractivity contribution in [1.82, 2.24) is 25.1 Å². The van der Waals surface area contributed by atoms with Gasteiger partial charge in [-0.2, -0.15) is 5.10 Å². The van der Waals surface area contributed by atoms with Crippen molar-refractivity contribution in [2.45, 2.75) is 38.5 Å². The highest BCUT2D eigenvalue weighted by Gasteiger charge is 2.17. The highest BCUT2D eigenvalue weighted by atomic mass is 19.1. The summed E-state index contributed by atoms with van der Waals surface area (Å²) < 4.78 is 14.0. The number of H-pyrrole nitrogens is 2. The number of benzene rings is 2. The van der Waals surface area contributed by atoms with Crippen molar-refractivity contribution in [2.24, 2.45) is 5.92 Å². The third kappa shape index (κ3) is 5.11. The van der Waals surface area contributed by atoms with Crippen LogP contribution in [0.15, 0.2) is 91.5 Å². The summed E-state index contributed by atoms with van der Waals surface area (Å²) in [5, 5.41) is 13.2. The zero-order chi connectivity index (χ0) is 27.8. The predicted molar refractivity (Wildman–Crippen MR) is 164 cm³/mol. The molecule has 0 unspecified atom stereocenters. The number of rotatable bonds is 7. The Labute approximate surface area is 237 Å². The first-order chi connectivity index (χ1) is 20.1. The van der Waals surface area contributed by atoms with E-state index in [1.54, 1.807) is 12.3 Å². The van der Waals surface area contributed by atoms with Crippen molar-refractivity contribution >= 4 is 27.5 Å². The van der Waals surface area contributed by atoms with E-state index in [0.29, 0.717) is 0 Å². The van der Waals surface area contributed by atoms with Gasteiger partial charge in [0.25, 0.3) is 0 Å². The van der Waals surface area contributed by atoms with Gasteiger partial charge in [-0.25, -0.2) is 4.39 Å². The molecule has 1 saturated carbocycles. The SMILES string of the molecule is C=C(CC1CCCCC1)Nc1cncc(-c2ccc3[nH]nc(-c4cc5c(-c6cccc(F)c6)nccc5[nH]4)c3c2)c1. The second-order valence-corrected chi connectivity index (χ2v) is 11.0. The van der Waals surface area contributed by atoms with Gasteiger partial charge < -0.3 is 10.3 Å². The number of pyridine rings is 2. The Morgan fingerprint density at radius 1 is 0.878 bits per heavy atom. The lowest BCUT2D eigenvalue weighted by Crippen LogP contribution is -2.10. The van der Waals surface area contributed by atoms with Crippen molar-refractivity contribution in [2.75, 3.05) is 5.32 Å². The second-order valence-electron chi connectivity index (χ2n) is 11.0. The molecule has 0 amide bonds. The lowest BCUT2D eigenvalue weighted by molar-refractivity contribution is 0.357. The summed E-state index contributed by atoms with van der Waals surface area (Å²) in [6.07, 6.45) is 13.1. The number of aromatic amines is 2. The van der Waals surface area contributed by atoms with E-state index >= 15 is 0 Å². The molecule has 6 nitrogen and oxygen atoms in total. The van der Waals surface area contributed by atoms with Gasteiger partial charge in [-0.1, -0.05) is 56.9 Å². The van der Waals surface area contributed by atoms with Crippen LogP contribution in [-0.4, -0.2) is 25.1 Å². The molecule has 0 spiro atoms. The van der Waals surface area contributed by atoms with Crippen molar-refractivity contribution in [1.29, 1.82) is 0 Å². The zero-order valence-corrected chi connectivity index (χ0v) is 22.8. The van der Waals surface area contributed by atoms with E-state index < -0.39 is 0 Å². The average Bonchev–Trinajstić information content (AvgIpc) is 3.61. The first-order valence-corrected chi connectivity index (χ1v) is 14.2. The molecular weight excluding hydrogens is 511 g/mol. The van der Waals surface area contributed by atoms with Crippen LogP contribution in [0, 0.1) is 11.7 Å². The Hall–Kier alpha value is -4.78. The minimum Gasteiger partial charge on any atom is -0.358 e. The molecule has 7 rings (SSSR count). The highest BCUT2D eigenvalue weighted by molar-refractivity contribution is 6.00. The topological polar surface area (TPSA) is 82.3 Å². The number of aromatic nitrogens is 5. The summed E-state index contributed by atoms with van der Waals surface area (Å²) in [6.45, 7) is 4.30. The van der Waals surface area contributed by atoms with E-state index in [2.05, 4.69) is 55.2 Å². The molecule has 41 heavy (non-hydrogen) atoms. The van der Waals surface area contributed by atoms with E-state index in [1.165, 1.54) is 44.2 Å². The molecule has 1 fully saturated rings. The number of allylic oxidation sites excluding steroid dienone is 1. The molecule has 0 saturated heterocycles. The third-order valence-corrected chi connectivity index (χ3v) is 8.12. The van der Waals surface area contributed by atoms with Crippen LogP contribution in [0.3, 0.4) is 0 Å². The molecule has 7 heteroatoms. The number of anilines is 1. The maximum Gasteiger partial charge on any atom is 0.123 e. The Kier molecular flexibility index (Phi) is 6.55. The molecule has 2 aromatic carbocycles. The minimum absolute atomic E-state index is 0.287. The quantitative estimate of drug-likeness (QED) is 0.188. The Morgan fingerprint density at radius 2 is 1.76 bits per heavy atom. The molecule has 0 radical (unpaired) electrons. The van der Waals surface area contributed by atoms with Gasteiger partial charge in [-0.15, -0.1) is 0 Å². The lowest BCUT2D eigenvalue weighted by Gasteiger charge is -2.22. The van der Waals surface area contributed by atoms with E-state index in [-0.39, 0.29) is 5.82 Å². The van der Waals surface area contributed by atoms with Gasteiger partial charge in [0.15, 0.2) is 0 Å². The van der Waals surface area contributed by atoms with Gasteiger partial charge in [0, 0.05) is 45.5 Å². The second kappa shape index (κ2) is 10.7.